The number of carbonyl (C=O) groups excluding carboxylic acids is 1. The normalized spacial score (nSPS) is 10.2. The topological polar surface area (TPSA) is 51.2 Å². The average Bonchev–Trinajstić information content (AvgIpc) is 2.44. The van der Waals surface area contributed by atoms with Crippen LogP contribution in [0.4, 0.5) is 10.1 Å². The van der Waals surface area contributed by atoms with E-state index in [0.717, 1.165) is 0 Å². The van der Waals surface area contributed by atoms with Gasteiger partial charge in [-0.05, 0) is 18.2 Å². The number of hydrogen-bond acceptors (Lipinski definition) is 3. The number of carbonyl (C=O) groups is 1. The van der Waals surface area contributed by atoms with E-state index in [2.05, 4.69) is 10.3 Å². The molecule has 1 N–H and O–H groups in total. The Balaban J connectivity index is 2.05. The zero-order chi connectivity index (χ0) is 14.5. The van der Waals surface area contributed by atoms with Crippen molar-refractivity contribution in [2.75, 3.05) is 12.4 Å². The lowest BCUT2D eigenvalue weighted by atomic mass is 10.1. The van der Waals surface area contributed by atoms with Gasteiger partial charge in [-0.25, -0.2) is 9.37 Å². The van der Waals surface area contributed by atoms with E-state index in [1.807, 2.05) is 0 Å². The Kier molecular flexibility index (Phi) is 4.53. The van der Waals surface area contributed by atoms with Gasteiger partial charge in [-0.15, -0.1) is 0 Å². The molecule has 104 valence electrons. The molecule has 0 saturated heterocycles. The summed E-state index contributed by atoms with van der Waals surface area (Å²) < 4.78 is 18.5. The summed E-state index contributed by atoms with van der Waals surface area (Å²) in [6, 6.07) is 7.57. The highest BCUT2D eigenvalue weighted by Gasteiger charge is 2.12. The van der Waals surface area contributed by atoms with E-state index >= 15 is 0 Å². The molecular weight excluding hydrogens is 283 g/mol. The molecule has 0 bridgehead atoms. The molecule has 0 aliphatic heterocycles. The van der Waals surface area contributed by atoms with Gasteiger partial charge in [-0.3, -0.25) is 4.79 Å². The van der Waals surface area contributed by atoms with Crippen molar-refractivity contribution < 1.29 is 13.9 Å². The summed E-state index contributed by atoms with van der Waals surface area (Å²) in [5.41, 5.74) is 0.677. The van der Waals surface area contributed by atoms with E-state index in [9.17, 15) is 9.18 Å². The van der Waals surface area contributed by atoms with Crippen molar-refractivity contribution in [3.8, 4) is 5.88 Å². The summed E-state index contributed by atoms with van der Waals surface area (Å²) in [5, 5.41) is 2.84. The van der Waals surface area contributed by atoms with Crippen LogP contribution in [0.5, 0.6) is 5.88 Å². The van der Waals surface area contributed by atoms with Gasteiger partial charge in [-0.2, -0.15) is 0 Å². The maximum atomic E-state index is 13.6. The van der Waals surface area contributed by atoms with Crippen LogP contribution in [0.3, 0.4) is 0 Å². The van der Waals surface area contributed by atoms with Crippen molar-refractivity contribution in [2.24, 2.45) is 0 Å². The number of rotatable bonds is 4. The fourth-order valence-corrected chi connectivity index (χ4v) is 1.87. The van der Waals surface area contributed by atoms with Gasteiger partial charge >= 0.3 is 0 Å². The maximum absolute atomic E-state index is 13.6. The molecule has 0 radical (unpaired) electrons. The first-order valence-corrected chi connectivity index (χ1v) is 6.20. The van der Waals surface area contributed by atoms with E-state index in [1.54, 1.807) is 18.2 Å². The van der Waals surface area contributed by atoms with Crippen molar-refractivity contribution in [3.63, 3.8) is 0 Å². The Morgan fingerprint density at radius 1 is 1.40 bits per heavy atom. The average molecular weight is 295 g/mol. The summed E-state index contributed by atoms with van der Waals surface area (Å²) in [7, 11) is 1.50. The lowest BCUT2D eigenvalue weighted by Gasteiger charge is -2.07. The molecule has 1 amide bonds. The second-order valence-corrected chi connectivity index (χ2v) is 4.42. The van der Waals surface area contributed by atoms with Gasteiger partial charge in [0.1, 0.15) is 5.82 Å². The van der Waals surface area contributed by atoms with Gasteiger partial charge in [-0.1, -0.05) is 17.7 Å². The highest BCUT2D eigenvalue weighted by atomic mass is 35.5. The smallest absolute Gasteiger partial charge is 0.229 e. The molecule has 1 heterocycles. The fraction of sp³-hybridized carbons (Fsp3) is 0.143. The van der Waals surface area contributed by atoms with Crippen LogP contribution in [0.15, 0.2) is 36.5 Å². The van der Waals surface area contributed by atoms with Crippen molar-refractivity contribution >= 4 is 23.2 Å². The molecule has 20 heavy (non-hydrogen) atoms. The first kappa shape index (κ1) is 14.3. The first-order chi connectivity index (χ1) is 9.60. The quantitative estimate of drug-likeness (QED) is 0.943. The van der Waals surface area contributed by atoms with Gasteiger partial charge in [0, 0.05) is 16.7 Å². The SMILES string of the molecule is COc1ccc(NC(=O)Cc2c(F)cccc2Cl)cn1. The Morgan fingerprint density at radius 3 is 2.80 bits per heavy atom. The van der Waals surface area contributed by atoms with Crippen molar-refractivity contribution in [3.05, 3.63) is 52.9 Å². The zero-order valence-electron chi connectivity index (χ0n) is 10.7. The van der Waals surface area contributed by atoms with Crippen LogP contribution in [-0.2, 0) is 11.2 Å². The summed E-state index contributed by atoms with van der Waals surface area (Å²) >= 11 is 5.87. The van der Waals surface area contributed by atoms with Crippen LogP contribution >= 0.6 is 11.6 Å². The molecule has 0 aliphatic rings. The predicted octanol–water partition coefficient (Wildman–Crippen LogP) is 3.06. The Bertz CT molecular complexity index is 597. The van der Waals surface area contributed by atoms with Crippen molar-refractivity contribution in [1.82, 2.24) is 4.98 Å². The highest BCUT2D eigenvalue weighted by Crippen LogP contribution is 2.20. The van der Waals surface area contributed by atoms with Crippen molar-refractivity contribution in [2.45, 2.75) is 6.42 Å². The van der Waals surface area contributed by atoms with Crippen LogP contribution in [0, 0.1) is 5.82 Å². The molecule has 0 aliphatic carbocycles. The zero-order valence-corrected chi connectivity index (χ0v) is 11.4. The molecule has 2 aromatic rings. The highest BCUT2D eigenvalue weighted by molar-refractivity contribution is 6.31. The summed E-state index contributed by atoms with van der Waals surface area (Å²) in [4.78, 5) is 15.8. The number of aromatic nitrogens is 1. The van der Waals surface area contributed by atoms with Gasteiger partial charge in [0.25, 0.3) is 0 Å². The number of anilines is 1. The number of hydrogen-bond donors (Lipinski definition) is 1. The minimum Gasteiger partial charge on any atom is -0.481 e. The van der Waals surface area contributed by atoms with Crippen LogP contribution in [-0.4, -0.2) is 18.0 Å². The largest absolute Gasteiger partial charge is 0.481 e. The Hall–Kier alpha value is -2.14. The fourth-order valence-electron chi connectivity index (χ4n) is 1.64. The van der Waals surface area contributed by atoms with E-state index in [1.165, 1.54) is 25.4 Å². The van der Waals surface area contributed by atoms with E-state index in [4.69, 9.17) is 16.3 Å². The minimum absolute atomic E-state index is 0.141. The van der Waals surface area contributed by atoms with Gasteiger partial charge < -0.3 is 10.1 Å². The molecule has 6 heteroatoms. The van der Waals surface area contributed by atoms with Crippen LogP contribution < -0.4 is 10.1 Å². The monoisotopic (exact) mass is 294 g/mol. The van der Waals surface area contributed by atoms with Crippen molar-refractivity contribution in [1.29, 1.82) is 0 Å². The standard InChI is InChI=1S/C14H12ClFN2O2/c1-20-14-6-5-9(8-17-14)18-13(19)7-10-11(15)3-2-4-12(10)16/h2-6,8H,7H2,1H3,(H,18,19). The maximum Gasteiger partial charge on any atom is 0.229 e. The second-order valence-electron chi connectivity index (χ2n) is 4.01. The molecule has 0 fully saturated rings. The number of methoxy groups -OCH3 is 1. The van der Waals surface area contributed by atoms with Crippen LogP contribution in [0.2, 0.25) is 5.02 Å². The summed E-state index contributed by atoms with van der Waals surface area (Å²) in [6.45, 7) is 0. The molecule has 1 aromatic carbocycles. The van der Waals surface area contributed by atoms with E-state index < -0.39 is 5.82 Å². The number of ether oxygens (including phenoxy) is 1. The molecular formula is C14H12ClFN2O2. The first-order valence-electron chi connectivity index (χ1n) is 5.83. The third kappa shape index (κ3) is 3.45. The molecule has 2 rings (SSSR count). The number of benzene rings is 1. The third-order valence-electron chi connectivity index (χ3n) is 2.63. The Morgan fingerprint density at radius 2 is 2.20 bits per heavy atom. The molecule has 0 unspecified atom stereocenters. The molecule has 0 saturated carbocycles. The number of halogens is 2. The van der Waals surface area contributed by atoms with Gasteiger partial charge in [0.05, 0.1) is 25.4 Å². The number of nitrogens with one attached hydrogen (secondary N) is 1. The van der Waals surface area contributed by atoms with Crippen LogP contribution in [0.25, 0.3) is 0 Å². The lowest BCUT2D eigenvalue weighted by Crippen LogP contribution is -2.15. The van der Waals surface area contributed by atoms with Gasteiger partial charge in [0.2, 0.25) is 11.8 Å². The number of amides is 1. The summed E-state index contributed by atoms with van der Waals surface area (Å²) in [5.74, 6) is -0.426. The third-order valence-corrected chi connectivity index (χ3v) is 2.98. The molecule has 0 atom stereocenters. The van der Waals surface area contributed by atoms with Crippen LogP contribution in [0.1, 0.15) is 5.56 Å². The lowest BCUT2D eigenvalue weighted by molar-refractivity contribution is -0.115. The second kappa shape index (κ2) is 6.34. The Labute approximate surface area is 120 Å². The minimum atomic E-state index is -0.500. The molecule has 0 spiro atoms. The predicted molar refractivity (Wildman–Crippen MR) is 74.5 cm³/mol. The van der Waals surface area contributed by atoms with Gasteiger partial charge in [0.15, 0.2) is 0 Å². The molecule has 4 nitrogen and oxygen atoms in total. The van der Waals surface area contributed by atoms with E-state index in [0.29, 0.717) is 11.6 Å². The number of nitrogens with zero attached hydrogens (tertiary/aromatic N) is 1. The molecule has 1 aromatic heterocycles. The van der Waals surface area contributed by atoms with E-state index in [-0.39, 0.29) is 22.9 Å². The summed E-state index contributed by atoms with van der Waals surface area (Å²) in [6.07, 6.45) is 1.32. The number of pyridine rings is 1.